The molecule has 1 saturated heterocycles. The van der Waals surface area contributed by atoms with Gasteiger partial charge in [0.1, 0.15) is 5.75 Å². The lowest BCUT2D eigenvalue weighted by atomic mass is 9.98. The summed E-state index contributed by atoms with van der Waals surface area (Å²) in [6.45, 7) is 1.12. The van der Waals surface area contributed by atoms with Crippen LogP contribution in [0, 0.1) is 0 Å². The maximum absolute atomic E-state index is 5.20. The van der Waals surface area contributed by atoms with Crippen LogP contribution in [0.25, 0.3) is 0 Å². The predicted octanol–water partition coefficient (Wildman–Crippen LogP) is 2.49. The fourth-order valence-electron chi connectivity index (χ4n) is 1.48. The van der Waals surface area contributed by atoms with Crippen LogP contribution in [0.3, 0.4) is 0 Å². The van der Waals surface area contributed by atoms with Crippen LogP contribution in [0.15, 0.2) is 22.7 Å². The number of methoxy groups -OCH3 is 1. The number of halogens is 1. The summed E-state index contributed by atoms with van der Waals surface area (Å²) in [6.07, 6.45) is 1.22. The fourth-order valence-corrected chi connectivity index (χ4v) is 1.97. The van der Waals surface area contributed by atoms with Crippen LogP contribution in [0.5, 0.6) is 5.75 Å². The number of hydrogen-bond acceptors (Lipinski definition) is 2. The molecule has 3 heteroatoms. The zero-order valence-electron chi connectivity index (χ0n) is 7.51. The monoisotopic (exact) mass is 241 g/mol. The van der Waals surface area contributed by atoms with Gasteiger partial charge in [0.2, 0.25) is 0 Å². The van der Waals surface area contributed by atoms with Crippen molar-refractivity contribution in [1.82, 2.24) is 5.32 Å². The topological polar surface area (TPSA) is 21.3 Å². The molecule has 1 aliphatic rings. The first-order valence-electron chi connectivity index (χ1n) is 4.37. The highest BCUT2D eigenvalue weighted by molar-refractivity contribution is 9.10. The molecule has 13 heavy (non-hydrogen) atoms. The molecule has 2 rings (SSSR count). The lowest BCUT2D eigenvalue weighted by Crippen LogP contribution is -2.34. The summed E-state index contributed by atoms with van der Waals surface area (Å²) in [5, 5.41) is 3.36. The number of rotatable bonds is 2. The van der Waals surface area contributed by atoms with Crippen molar-refractivity contribution in [3.63, 3.8) is 0 Å². The number of hydrogen-bond donors (Lipinski definition) is 1. The van der Waals surface area contributed by atoms with E-state index in [2.05, 4.69) is 33.4 Å². The van der Waals surface area contributed by atoms with E-state index in [4.69, 9.17) is 4.74 Å². The van der Waals surface area contributed by atoms with Crippen molar-refractivity contribution in [2.24, 2.45) is 0 Å². The van der Waals surface area contributed by atoms with Crippen molar-refractivity contribution in [2.45, 2.75) is 12.5 Å². The van der Waals surface area contributed by atoms with Gasteiger partial charge >= 0.3 is 0 Å². The van der Waals surface area contributed by atoms with Crippen LogP contribution >= 0.6 is 15.9 Å². The Hall–Kier alpha value is -0.540. The smallest absolute Gasteiger partial charge is 0.120 e. The number of benzene rings is 1. The first-order chi connectivity index (χ1) is 6.29. The van der Waals surface area contributed by atoms with Crippen molar-refractivity contribution >= 4 is 15.9 Å². The molecule has 0 radical (unpaired) electrons. The molecule has 0 unspecified atom stereocenters. The molecule has 0 bridgehead atoms. The third-order valence-corrected chi connectivity index (χ3v) is 2.81. The van der Waals surface area contributed by atoms with E-state index in [1.165, 1.54) is 12.0 Å². The second-order valence-corrected chi connectivity index (χ2v) is 4.14. The fraction of sp³-hybridized carbons (Fsp3) is 0.400. The first-order valence-corrected chi connectivity index (χ1v) is 5.17. The van der Waals surface area contributed by atoms with Gasteiger partial charge in [-0.1, -0.05) is 15.9 Å². The minimum atomic E-state index is 0.520. The lowest BCUT2D eigenvalue weighted by Gasteiger charge is -2.28. The van der Waals surface area contributed by atoms with Gasteiger partial charge in [-0.2, -0.15) is 0 Å². The Bertz CT molecular complexity index is 310. The highest BCUT2D eigenvalue weighted by atomic mass is 79.9. The van der Waals surface area contributed by atoms with Crippen molar-refractivity contribution in [1.29, 1.82) is 0 Å². The molecule has 0 spiro atoms. The maximum Gasteiger partial charge on any atom is 0.120 e. The van der Waals surface area contributed by atoms with Crippen LogP contribution in [0.2, 0.25) is 0 Å². The van der Waals surface area contributed by atoms with Gasteiger partial charge in [-0.05, 0) is 36.7 Å². The van der Waals surface area contributed by atoms with Crippen LogP contribution < -0.4 is 10.1 Å². The Morgan fingerprint density at radius 2 is 2.23 bits per heavy atom. The van der Waals surface area contributed by atoms with E-state index < -0.39 is 0 Å². The molecule has 70 valence electrons. The lowest BCUT2D eigenvalue weighted by molar-refractivity contribution is 0.377. The van der Waals surface area contributed by atoms with Gasteiger partial charge in [-0.3, -0.25) is 0 Å². The van der Waals surface area contributed by atoms with Crippen molar-refractivity contribution in [3.05, 3.63) is 28.2 Å². The van der Waals surface area contributed by atoms with E-state index in [-0.39, 0.29) is 0 Å². The second-order valence-electron chi connectivity index (χ2n) is 3.22. The normalized spacial score (nSPS) is 20.9. The molecule has 1 aromatic carbocycles. The Morgan fingerprint density at radius 1 is 1.46 bits per heavy atom. The molecular weight excluding hydrogens is 230 g/mol. The molecule has 1 atom stereocenters. The number of nitrogens with one attached hydrogen (secondary N) is 1. The molecule has 0 amide bonds. The molecule has 1 aromatic rings. The van der Waals surface area contributed by atoms with E-state index in [1.54, 1.807) is 7.11 Å². The molecular formula is C10H12BrNO. The third kappa shape index (κ3) is 1.86. The Kier molecular flexibility index (Phi) is 2.56. The summed E-state index contributed by atoms with van der Waals surface area (Å²) >= 11 is 3.47. The zero-order valence-corrected chi connectivity index (χ0v) is 9.10. The average molecular weight is 242 g/mol. The summed E-state index contributed by atoms with van der Waals surface area (Å²) < 4.78 is 6.28. The van der Waals surface area contributed by atoms with Gasteiger partial charge in [0.15, 0.2) is 0 Å². The summed E-state index contributed by atoms with van der Waals surface area (Å²) in [5.41, 5.74) is 1.30. The molecule has 0 saturated carbocycles. The Labute approximate surface area is 86.4 Å². The van der Waals surface area contributed by atoms with Crippen molar-refractivity contribution in [3.8, 4) is 5.75 Å². The predicted molar refractivity (Wildman–Crippen MR) is 56.1 cm³/mol. The summed E-state index contributed by atoms with van der Waals surface area (Å²) in [4.78, 5) is 0. The molecule has 1 heterocycles. The molecule has 1 aliphatic heterocycles. The second kappa shape index (κ2) is 3.68. The van der Waals surface area contributed by atoms with Crippen LogP contribution in [-0.4, -0.2) is 13.7 Å². The van der Waals surface area contributed by atoms with Crippen LogP contribution in [0.1, 0.15) is 18.0 Å². The molecule has 0 aromatic heterocycles. The summed E-state index contributed by atoms with van der Waals surface area (Å²) in [7, 11) is 1.69. The molecule has 0 aliphatic carbocycles. The van der Waals surface area contributed by atoms with Crippen molar-refractivity contribution < 1.29 is 4.74 Å². The SMILES string of the molecule is COc1cc(Br)cc([C@@H]2CCN2)c1. The van der Waals surface area contributed by atoms with Gasteiger partial charge in [0, 0.05) is 10.5 Å². The standard InChI is InChI=1S/C10H12BrNO/c1-13-9-5-7(4-8(11)6-9)10-2-3-12-10/h4-6,10,12H,2-3H2,1H3/t10-/m0/s1. The molecule has 1 N–H and O–H groups in total. The highest BCUT2D eigenvalue weighted by Crippen LogP contribution is 2.29. The van der Waals surface area contributed by atoms with E-state index in [0.717, 1.165) is 16.8 Å². The summed E-state index contributed by atoms with van der Waals surface area (Å²) in [5.74, 6) is 0.915. The Balaban J connectivity index is 2.28. The Morgan fingerprint density at radius 3 is 2.77 bits per heavy atom. The quantitative estimate of drug-likeness (QED) is 0.860. The van der Waals surface area contributed by atoms with E-state index >= 15 is 0 Å². The molecule has 2 nitrogen and oxygen atoms in total. The third-order valence-electron chi connectivity index (χ3n) is 2.36. The molecule has 1 fully saturated rings. The minimum absolute atomic E-state index is 0.520. The number of ether oxygens (including phenoxy) is 1. The van der Waals surface area contributed by atoms with E-state index in [1.807, 2.05) is 6.07 Å². The van der Waals surface area contributed by atoms with Crippen LogP contribution in [0.4, 0.5) is 0 Å². The first kappa shape index (κ1) is 9.03. The van der Waals surface area contributed by atoms with Gasteiger partial charge in [-0.15, -0.1) is 0 Å². The van der Waals surface area contributed by atoms with E-state index in [9.17, 15) is 0 Å². The van der Waals surface area contributed by atoms with Gasteiger partial charge in [-0.25, -0.2) is 0 Å². The van der Waals surface area contributed by atoms with Gasteiger partial charge < -0.3 is 10.1 Å². The highest BCUT2D eigenvalue weighted by Gasteiger charge is 2.19. The van der Waals surface area contributed by atoms with Gasteiger partial charge in [0.05, 0.1) is 7.11 Å². The largest absolute Gasteiger partial charge is 0.497 e. The maximum atomic E-state index is 5.20. The van der Waals surface area contributed by atoms with E-state index in [0.29, 0.717) is 6.04 Å². The van der Waals surface area contributed by atoms with Crippen molar-refractivity contribution in [2.75, 3.05) is 13.7 Å². The summed E-state index contributed by atoms with van der Waals surface area (Å²) in [6, 6.07) is 6.72. The van der Waals surface area contributed by atoms with Gasteiger partial charge in [0.25, 0.3) is 0 Å². The minimum Gasteiger partial charge on any atom is -0.497 e. The average Bonchev–Trinajstić information content (AvgIpc) is 2.00. The zero-order chi connectivity index (χ0) is 9.26. The van der Waals surface area contributed by atoms with Crippen LogP contribution in [-0.2, 0) is 0 Å².